The molecule has 4 rings (SSSR count). The van der Waals surface area contributed by atoms with Crippen LogP contribution < -0.4 is 10.6 Å². The average Bonchev–Trinajstić information content (AvgIpc) is 3.27. The summed E-state index contributed by atoms with van der Waals surface area (Å²) in [5, 5.41) is 14.7. The maximum absolute atomic E-state index is 12.6. The topological polar surface area (TPSA) is 103 Å². The van der Waals surface area contributed by atoms with Crippen LogP contribution in [-0.4, -0.2) is 41.5 Å². The zero-order valence-electron chi connectivity index (χ0n) is 15.0. The normalized spacial score (nSPS) is 16.3. The van der Waals surface area contributed by atoms with E-state index in [1.807, 2.05) is 29.8 Å². The van der Waals surface area contributed by atoms with E-state index in [2.05, 4.69) is 37.4 Å². The van der Waals surface area contributed by atoms with Gasteiger partial charge in [-0.1, -0.05) is 12.6 Å². The molecule has 0 saturated heterocycles. The van der Waals surface area contributed by atoms with Crippen molar-refractivity contribution < 1.29 is 4.79 Å². The zero-order valence-corrected chi connectivity index (χ0v) is 15.0. The molecule has 0 spiro atoms. The molecule has 1 atom stereocenters. The van der Waals surface area contributed by atoms with E-state index in [1.54, 1.807) is 23.4 Å². The number of nitrogens with zero attached hydrogens (tertiary/aromatic N) is 6. The van der Waals surface area contributed by atoms with Gasteiger partial charge in [-0.3, -0.25) is 9.78 Å². The van der Waals surface area contributed by atoms with Crippen molar-refractivity contribution in [2.24, 2.45) is 0 Å². The smallest absolute Gasteiger partial charge is 0.291 e. The van der Waals surface area contributed by atoms with Gasteiger partial charge in [0.25, 0.3) is 5.91 Å². The van der Waals surface area contributed by atoms with Crippen LogP contribution in [0, 0.1) is 6.92 Å². The molecule has 3 aromatic heterocycles. The second kappa shape index (κ2) is 7.02. The molecule has 0 bridgehead atoms. The first-order chi connectivity index (χ1) is 13.1. The maximum atomic E-state index is 12.6. The molecule has 3 aromatic rings. The molecule has 0 aliphatic carbocycles. The van der Waals surface area contributed by atoms with E-state index >= 15 is 0 Å². The number of amides is 1. The van der Waals surface area contributed by atoms with Crippen LogP contribution in [0.25, 0.3) is 0 Å². The predicted octanol–water partition coefficient (Wildman–Crippen LogP) is 1.35. The lowest BCUT2D eigenvalue weighted by molar-refractivity contribution is 0.0930. The number of aryl methyl sites for hydroxylation is 2. The standard InChI is InChI=1S/C18H20N8O/c1-12-14(4-3-7-19-12)10-25-11-20-17(24-25)18(27)23-15-6-9-26-16(5-8-21-26)22-13(15)2/h3-5,7-8,11,15,22H,2,6,9-10H2,1H3,(H,23,27)/t15-/m0/s1. The van der Waals surface area contributed by atoms with Crippen molar-refractivity contribution in [1.29, 1.82) is 0 Å². The number of rotatable bonds is 4. The van der Waals surface area contributed by atoms with Gasteiger partial charge >= 0.3 is 0 Å². The highest BCUT2D eigenvalue weighted by atomic mass is 16.2. The van der Waals surface area contributed by atoms with Crippen molar-refractivity contribution in [1.82, 2.24) is 34.8 Å². The number of carbonyl (C=O) groups excluding carboxylic acids is 1. The van der Waals surface area contributed by atoms with E-state index in [4.69, 9.17) is 0 Å². The Hall–Kier alpha value is -3.49. The Morgan fingerprint density at radius 2 is 2.26 bits per heavy atom. The third-order valence-corrected chi connectivity index (χ3v) is 4.55. The molecule has 0 aromatic carbocycles. The van der Waals surface area contributed by atoms with Crippen molar-refractivity contribution in [2.75, 3.05) is 5.32 Å². The average molecular weight is 364 g/mol. The molecular formula is C18H20N8O. The van der Waals surface area contributed by atoms with E-state index in [1.165, 1.54) is 0 Å². The molecule has 0 fully saturated rings. The molecular weight excluding hydrogens is 344 g/mol. The first-order valence-corrected chi connectivity index (χ1v) is 8.68. The minimum Gasteiger partial charge on any atom is -0.343 e. The summed E-state index contributed by atoms with van der Waals surface area (Å²) < 4.78 is 3.48. The van der Waals surface area contributed by atoms with Gasteiger partial charge < -0.3 is 10.6 Å². The third-order valence-electron chi connectivity index (χ3n) is 4.55. The number of aromatic nitrogens is 6. The van der Waals surface area contributed by atoms with E-state index in [0.29, 0.717) is 25.2 Å². The molecule has 4 heterocycles. The number of hydrogen-bond donors (Lipinski definition) is 2. The Bertz CT molecular complexity index is 989. The number of carbonyl (C=O) groups is 1. The van der Waals surface area contributed by atoms with Crippen LogP contribution in [0.2, 0.25) is 0 Å². The SMILES string of the molecule is C=C1Nc2ccnn2CC[C@@H]1NC(=O)c1ncn(Cc2cccnc2C)n1. The lowest BCUT2D eigenvalue weighted by Gasteiger charge is -2.17. The summed E-state index contributed by atoms with van der Waals surface area (Å²) >= 11 is 0. The Morgan fingerprint density at radius 1 is 1.37 bits per heavy atom. The Balaban J connectivity index is 1.42. The quantitative estimate of drug-likeness (QED) is 0.725. The van der Waals surface area contributed by atoms with Gasteiger partial charge in [-0.15, -0.1) is 5.10 Å². The van der Waals surface area contributed by atoms with Gasteiger partial charge in [-0.25, -0.2) is 14.3 Å². The van der Waals surface area contributed by atoms with Crippen LogP contribution in [0.1, 0.15) is 28.3 Å². The number of pyridine rings is 1. The molecule has 0 saturated carbocycles. The van der Waals surface area contributed by atoms with Crippen LogP contribution in [0.4, 0.5) is 5.82 Å². The monoisotopic (exact) mass is 364 g/mol. The number of nitrogens with one attached hydrogen (secondary N) is 2. The fourth-order valence-electron chi connectivity index (χ4n) is 3.01. The summed E-state index contributed by atoms with van der Waals surface area (Å²) in [4.78, 5) is 21.0. The van der Waals surface area contributed by atoms with E-state index in [9.17, 15) is 4.79 Å². The second-order valence-electron chi connectivity index (χ2n) is 6.42. The maximum Gasteiger partial charge on any atom is 0.291 e. The third kappa shape index (κ3) is 3.57. The fraction of sp³-hybridized carbons (Fsp3) is 0.278. The lowest BCUT2D eigenvalue weighted by atomic mass is 10.1. The van der Waals surface area contributed by atoms with E-state index < -0.39 is 0 Å². The van der Waals surface area contributed by atoms with Crippen LogP contribution >= 0.6 is 0 Å². The number of anilines is 1. The summed E-state index contributed by atoms with van der Waals surface area (Å²) in [6.45, 7) is 7.17. The molecule has 0 unspecified atom stereocenters. The van der Waals surface area contributed by atoms with E-state index in [-0.39, 0.29) is 17.8 Å². The summed E-state index contributed by atoms with van der Waals surface area (Å²) in [5.41, 5.74) is 2.68. The van der Waals surface area contributed by atoms with Crippen molar-refractivity contribution in [3.63, 3.8) is 0 Å². The highest BCUT2D eigenvalue weighted by Gasteiger charge is 2.23. The molecule has 0 radical (unpaired) electrons. The van der Waals surface area contributed by atoms with E-state index in [0.717, 1.165) is 17.1 Å². The summed E-state index contributed by atoms with van der Waals surface area (Å²) in [6.07, 6.45) is 5.72. The molecule has 1 aliphatic heterocycles. The minimum atomic E-state index is -0.329. The molecule has 1 amide bonds. The highest BCUT2D eigenvalue weighted by Crippen LogP contribution is 2.18. The number of hydrogen-bond acceptors (Lipinski definition) is 6. The largest absolute Gasteiger partial charge is 0.343 e. The molecule has 1 aliphatic rings. The molecule has 9 nitrogen and oxygen atoms in total. The van der Waals surface area contributed by atoms with Gasteiger partial charge in [0, 0.05) is 30.2 Å². The number of fused-ring (bicyclic) bond motifs is 1. The molecule has 138 valence electrons. The van der Waals surface area contributed by atoms with Gasteiger partial charge in [0.15, 0.2) is 0 Å². The van der Waals surface area contributed by atoms with Crippen LogP contribution in [0.15, 0.2) is 49.2 Å². The van der Waals surface area contributed by atoms with Gasteiger partial charge in [-0.05, 0) is 25.0 Å². The van der Waals surface area contributed by atoms with Crippen LogP contribution in [0.5, 0.6) is 0 Å². The summed E-state index contributed by atoms with van der Waals surface area (Å²) in [5.74, 6) is 0.668. The second-order valence-corrected chi connectivity index (χ2v) is 6.42. The van der Waals surface area contributed by atoms with Crippen LogP contribution in [0.3, 0.4) is 0 Å². The molecule has 9 heteroatoms. The first kappa shape index (κ1) is 17.0. The summed E-state index contributed by atoms with van der Waals surface area (Å²) in [7, 11) is 0. The first-order valence-electron chi connectivity index (χ1n) is 8.68. The van der Waals surface area contributed by atoms with Crippen molar-refractivity contribution in [3.05, 3.63) is 66.3 Å². The fourth-order valence-corrected chi connectivity index (χ4v) is 3.01. The van der Waals surface area contributed by atoms with Gasteiger partial charge in [0.2, 0.25) is 5.82 Å². The molecule has 2 N–H and O–H groups in total. The minimum absolute atomic E-state index is 0.131. The lowest BCUT2D eigenvalue weighted by Crippen LogP contribution is -2.38. The Labute approximate surface area is 156 Å². The highest BCUT2D eigenvalue weighted by molar-refractivity contribution is 5.90. The Kier molecular flexibility index (Phi) is 4.41. The van der Waals surface area contributed by atoms with Gasteiger partial charge in [0.05, 0.1) is 18.8 Å². The van der Waals surface area contributed by atoms with Crippen molar-refractivity contribution in [2.45, 2.75) is 32.5 Å². The molecule has 27 heavy (non-hydrogen) atoms. The Morgan fingerprint density at radius 3 is 3.11 bits per heavy atom. The van der Waals surface area contributed by atoms with Gasteiger partial charge in [0.1, 0.15) is 12.1 Å². The predicted molar refractivity (Wildman–Crippen MR) is 99.0 cm³/mol. The zero-order chi connectivity index (χ0) is 18.8. The summed E-state index contributed by atoms with van der Waals surface area (Å²) in [6, 6.07) is 5.50. The van der Waals surface area contributed by atoms with Crippen molar-refractivity contribution in [3.8, 4) is 0 Å². The van der Waals surface area contributed by atoms with Gasteiger partial charge in [-0.2, -0.15) is 5.10 Å². The van der Waals surface area contributed by atoms with Crippen molar-refractivity contribution >= 4 is 11.7 Å². The van der Waals surface area contributed by atoms with Crippen LogP contribution in [-0.2, 0) is 13.1 Å².